The molecule has 0 bridgehead atoms. The van der Waals surface area contributed by atoms with Crippen molar-refractivity contribution in [2.45, 2.75) is 26.9 Å². The molecule has 6 heteroatoms. The predicted molar refractivity (Wildman–Crippen MR) is 92.0 cm³/mol. The molecule has 2 heterocycles. The third-order valence-corrected chi connectivity index (χ3v) is 4.26. The summed E-state index contributed by atoms with van der Waals surface area (Å²) < 4.78 is 3.97. The van der Waals surface area contributed by atoms with Crippen molar-refractivity contribution >= 4 is 11.6 Å². The molecule has 3 aromatic rings. The summed E-state index contributed by atoms with van der Waals surface area (Å²) in [7, 11) is 0. The first-order valence-corrected chi connectivity index (χ1v) is 8.00. The maximum Gasteiger partial charge on any atom is 0.0951 e. The average Bonchev–Trinajstić information content (AvgIpc) is 3.13. The summed E-state index contributed by atoms with van der Waals surface area (Å²) in [5.74, 6) is 0. The summed E-state index contributed by atoms with van der Waals surface area (Å²) in [5, 5.41) is 8.51. The highest BCUT2D eigenvalue weighted by Gasteiger charge is 2.05. The normalized spacial score (nSPS) is 11.1. The molecule has 0 fully saturated rings. The lowest BCUT2D eigenvalue weighted by molar-refractivity contribution is 0.589. The van der Waals surface area contributed by atoms with Gasteiger partial charge >= 0.3 is 0 Å². The van der Waals surface area contributed by atoms with E-state index in [9.17, 15) is 0 Å². The minimum Gasteiger partial charge on any atom is -0.333 e. The summed E-state index contributed by atoms with van der Waals surface area (Å²) in [6, 6.07) is 7.69. The Bertz CT molecular complexity index is 790. The minimum atomic E-state index is 0.695. The summed E-state index contributed by atoms with van der Waals surface area (Å²) in [5.41, 5.74) is 4.33. The number of aryl methyl sites for hydroxylation is 1. The molecule has 0 saturated carbocycles. The van der Waals surface area contributed by atoms with E-state index in [0.717, 1.165) is 36.6 Å². The average molecular weight is 330 g/mol. The first kappa shape index (κ1) is 15.8. The molecular formula is C17H20ClN5. The lowest BCUT2D eigenvalue weighted by atomic mass is 10.3. The number of para-hydroxylation sites is 1. The van der Waals surface area contributed by atoms with E-state index >= 15 is 0 Å². The van der Waals surface area contributed by atoms with E-state index in [1.807, 2.05) is 54.6 Å². The molecule has 23 heavy (non-hydrogen) atoms. The number of hydrogen-bond acceptors (Lipinski definition) is 3. The Morgan fingerprint density at radius 2 is 2.04 bits per heavy atom. The minimum absolute atomic E-state index is 0.695. The molecule has 0 aliphatic heterocycles. The van der Waals surface area contributed by atoms with Crippen LogP contribution in [0.4, 0.5) is 0 Å². The van der Waals surface area contributed by atoms with Gasteiger partial charge in [0.05, 0.1) is 28.9 Å². The van der Waals surface area contributed by atoms with Crippen molar-refractivity contribution in [2.75, 3.05) is 6.54 Å². The molecule has 0 radical (unpaired) electrons. The number of halogens is 1. The summed E-state index contributed by atoms with van der Waals surface area (Å²) in [6.07, 6.45) is 5.76. The molecule has 0 aliphatic rings. The smallest absolute Gasteiger partial charge is 0.0951 e. The number of aromatic nitrogens is 4. The first-order valence-electron chi connectivity index (χ1n) is 7.62. The molecule has 2 aromatic heterocycles. The van der Waals surface area contributed by atoms with Gasteiger partial charge < -0.3 is 9.88 Å². The number of nitrogens with one attached hydrogen (secondary N) is 1. The summed E-state index contributed by atoms with van der Waals surface area (Å²) >= 11 is 6.19. The van der Waals surface area contributed by atoms with Crippen LogP contribution in [0.25, 0.3) is 5.69 Å². The standard InChI is InChI=1S/C17H20ClN5/c1-13-14(2)22(12-20-13)8-7-19-9-15-10-21-23(11-15)17-6-4-3-5-16(17)18/h3-6,10-12,19H,7-9H2,1-2H3. The van der Waals surface area contributed by atoms with Gasteiger partial charge in [0, 0.05) is 37.1 Å². The predicted octanol–water partition coefficient (Wildman–Crippen LogP) is 3.13. The third kappa shape index (κ3) is 3.63. The fourth-order valence-corrected chi connectivity index (χ4v) is 2.64. The second kappa shape index (κ2) is 6.98. The van der Waals surface area contributed by atoms with Crippen LogP contribution >= 0.6 is 11.6 Å². The van der Waals surface area contributed by atoms with Crippen molar-refractivity contribution in [3.05, 3.63) is 65.0 Å². The lowest BCUT2D eigenvalue weighted by Gasteiger charge is -2.06. The van der Waals surface area contributed by atoms with E-state index in [-0.39, 0.29) is 0 Å². The van der Waals surface area contributed by atoms with E-state index in [1.165, 1.54) is 5.69 Å². The molecule has 0 saturated heterocycles. The van der Waals surface area contributed by atoms with Gasteiger partial charge in [-0.3, -0.25) is 0 Å². The van der Waals surface area contributed by atoms with Crippen LogP contribution in [-0.4, -0.2) is 25.9 Å². The van der Waals surface area contributed by atoms with Gasteiger partial charge in [-0.1, -0.05) is 23.7 Å². The zero-order chi connectivity index (χ0) is 16.2. The molecule has 0 unspecified atom stereocenters. The summed E-state index contributed by atoms with van der Waals surface area (Å²) in [6.45, 7) is 6.69. The third-order valence-electron chi connectivity index (χ3n) is 3.94. The maximum absolute atomic E-state index is 6.19. The van der Waals surface area contributed by atoms with Crippen molar-refractivity contribution in [1.29, 1.82) is 0 Å². The van der Waals surface area contributed by atoms with Crippen molar-refractivity contribution < 1.29 is 0 Å². The largest absolute Gasteiger partial charge is 0.333 e. The van der Waals surface area contributed by atoms with E-state index in [4.69, 9.17) is 11.6 Å². The van der Waals surface area contributed by atoms with Crippen LogP contribution < -0.4 is 5.32 Å². The lowest BCUT2D eigenvalue weighted by Crippen LogP contribution is -2.19. The topological polar surface area (TPSA) is 47.7 Å². The molecule has 0 atom stereocenters. The van der Waals surface area contributed by atoms with Gasteiger partial charge in [0.2, 0.25) is 0 Å². The number of rotatable bonds is 6. The van der Waals surface area contributed by atoms with Crippen LogP contribution in [0.2, 0.25) is 5.02 Å². The molecule has 0 amide bonds. The number of benzene rings is 1. The van der Waals surface area contributed by atoms with Gasteiger partial charge in [-0.2, -0.15) is 5.10 Å². The fourth-order valence-electron chi connectivity index (χ4n) is 2.42. The number of nitrogens with zero attached hydrogens (tertiary/aromatic N) is 4. The molecule has 120 valence electrons. The number of imidazole rings is 1. The molecule has 0 aliphatic carbocycles. The van der Waals surface area contributed by atoms with E-state index in [1.54, 1.807) is 0 Å². The Labute approximate surface area is 140 Å². The highest BCUT2D eigenvalue weighted by Crippen LogP contribution is 2.19. The SMILES string of the molecule is Cc1ncn(CCNCc2cnn(-c3ccccc3Cl)c2)c1C. The fraction of sp³-hybridized carbons (Fsp3) is 0.294. The molecule has 0 spiro atoms. The Kier molecular flexibility index (Phi) is 4.79. The number of hydrogen-bond donors (Lipinski definition) is 1. The van der Waals surface area contributed by atoms with Crippen LogP contribution in [-0.2, 0) is 13.1 Å². The van der Waals surface area contributed by atoms with Gasteiger partial charge in [-0.25, -0.2) is 9.67 Å². The quantitative estimate of drug-likeness (QED) is 0.707. The highest BCUT2D eigenvalue weighted by atomic mass is 35.5. The summed E-state index contributed by atoms with van der Waals surface area (Å²) in [4.78, 5) is 4.31. The van der Waals surface area contributed by atoms with Gasteiger partial charge in [0.1, 0.15) is 0 Å². The Morgan fingerprint density at radius 3 is 2.78 bits per heavy atom. The zero-order valence-corrected chi connectivity index (χ0v) is 14.1. The Balaban J connectivity index is 1.54. The van der Waals surface area contributed by atoms with E-state index in [0.29, 0.717) is 5.02 Å². The zero-order valence-electron chi connectivity index (χ0n) is 13.3. The van der Waals surface area contributed by atoms with Crippen molar-refractivity contribution in [2.24, 2.45) is 0 Å². The molecule has 1 N–H and O–H groups in total. The van der Waals surface area contributed by atoms with Crippen LogP contribution in [0.1, 0.15) is 17.0 Å². The van der Waals surface area contributed by atoms with Gasteiger partial charge in [0.15, 0.2) is 0 Å². The molecular weight excluding hydrogens is 310 g/mol. The van der Waals surface area contributed by atoms with Crippen LogP contribution in [0, 0.1) is 13.8 Å². The highest BCUT2D eigenvalue weighted by molar-refractivity contribution is 6.32. The van der Waals surface area contributed by atoms with E-state index < -0.39 is 0 Å². The first-order chi connectivity index (χ1) is 11.1. The molecule has 3 rings (SSSR count). The van der Waals surface area contributed by atoms with Gasteiger partial charge in [-0.05, 0) is 26.0 Å². The second-order valence-corrected chi connectivity index (χ2v) is 5.94. The maximum atomic E-state index is 6.19. The van der Waals surface area contributed by atoms with Crippen molar-refractivity contribution in [1.82, 2.24) is 24.6 Å². The molecule has 5 nitrogen and oxygen atoms in total. The second-order valence-electron chi connectivity index (χ2n) is 5.53. The van der Waals surface area contributed by atoms with Gasteiger partial charge in [-0.15, -0.1) is 0 Å². The van der Waals surface area contributed by atoms with Crippen LogP contribution in [0.5, 0.6) is 0 Å². The van der Waals surface area contributed by atoms with E-state index in [2.05, 4.69) is 26.9 Å². The van der Waals surface area contributed by atoms with Gasteiger partial charge in [0.25, 0.3) is 0 Å². The Morgan fingerprint density at radius 1 is 1.22 bits per heavy atom. The Hall–Kier alpha value is -2.11. The van der Waals surface area contributed by atoms with Crippen molar-refractivity contribution in [3.63, 3.8) is 0 Å². The van der Waals surface area contributed by atoms with Crippen LogP contribution in [0.15, 0.2) is 43.0 Å². The van der Waals surface area contributed by atoms with Crippen molar-refractivity contribution in [3.8, 4) is 5.69 Å². The molecule has 1 aromatic carbocycles. The monoisotopic (exact) mass is 329 g/mol. The van der Waals surface area contributed by atoms with Crippen LogP contribution in [0.3, 0.4) is 0 Å².